The normalized spacial score (nSPS) is 22.1. The molecule has 5 atom stereocenters. The summed E-state index contributed by atoms with van der Waals surface area (Å²) in [5.74, 6) is -2.26. The van der Waals surface area contributed by atoms with E-state index in [2.05, 4.69) is 0 Å². The van der Waals surface area contributed by atoms with Gasteiger partial charge in [0.15, 0.2) is 24.6 Å². The van der Waals surface area contributed by atoms with Gasteiger partial charge in [-0.1, -0.05) is 54.6 Å². The fourth-order valence-electron chi connectivity index (χ4n) is 4.02. The first kappa shape index (κ1) is 27.3. The summed E-state index contributed by atoms with van der Waals surface area (Å²) in [7, 11) is 1.31. The van der Waals surface area contributed by atoms with Crippen LogP contribution >= 0.6 is 0 Å². The zero-order chi connectivity index (χ0) is 27.6. The topological polar surface area (TPSA) is 130 Å². The third kappa shape index (κ3) is 6.78. The van der Waals surface area contributed by atoms with Crippen molar-refractivity contribution in [1.82, 2.24) is 0 Å². The van der Waals surface area contributed by atoms with Crippen molar-refractivity contribution >= 4 is 17.9 Å². The van der Waals surface area contributed by atoms with Crippen LogP contribution in [0.25, 0.3) is 0 Å². The Morgan fingerprint density at radius 3 is 1.51 bits per heavy atom. The minimum absolute atomic E-state index is 0.212. The van der Waals surface area contributed by atoms with Gasteiger partial charge in [0.1, 0.15) is 12.7 Å². The van der Waals surface area contributed by atoms with Gasteiger partial charge in [-0.2, -0.15) is 5.26 Å². The predicted molar refractivity (Wildman–Crippen MR) is 134 cm³/mol. The van der Waals surface area contributed by atoms with E-state index in [4.69, 9.17) is 33.7 Å². The molecule has 1 aliphatic rings. The van der Waals surface area contributed by atoms with E-state index in [1.807, 2.05) is 0 Å². The van der Waals surface area contributed by atoms with E-state index in [1.54, 1.807) is 97.3 Å². The van der Waals surface area contributed by atoms with E-state index in [1.165, 1.54) is 7.11 Å². The van der Waals surface area contributed by atoms with Crippen molar-refractivity contribution in [2.75, 3.05) is 13.7 Å². The third-order valence-corrected chi connectivity index (χ3v) is 5.89. The van der Waals surface area contributed by atoms with Crippen LogP contribution in [0.2, 0.25) is 0 Å². The Morgan fingerprint density at radius 1 is 0.692 bits per heavy atom. The lowest BCUT2D eigenvalue weighted by atomic mass is 9.97. The zero-order valence-electron chi connectivity index (χ0n) is 20.9. The summed E-state index contributed by atoms with van der Waals surface area (Å²) in [5, 5.41) is 9.00. The second-order valence-electron chi connectivity index (χ2n) is 8.39. The van der Waals surface area contributed by atoms with Crippen LogP contribution in [0, 0.1) is 11.5 Å². The number of carbonyl (C=O) groups excluding carboxylic acids is 3. The van der Waals surface area contributed by atoms with Crippen molar-refractivity contribution in [3.8, 4) is 6.26 Å². The number of benzene rings is 3. The number of nitrogens with zero attached hydrogens (tertiary/aromatic N) is 1. The average molecular weight is 532 g/mol. The fourth-order valence-corrected chi connectivity index (χ4v) is 4.02. The smallest absolute Gasteiger partial charge is 0.338 e. The quantitative estimate of drug-likeness (QED) is 0.230. The molecule has 0 aliphatic carbocycles. The second-order valence-corrected chi connectivity index (χ2v) is 8.39. The first-order valence-corrected chi connectivity index (χ1v) is 12.0. The monoisotopic (exact) mass is 531 g/mol. The molecule has 0 N–H and O–H groups in total. The van der Waals surface area contributed by atoms with Crippen molar-refractivity contribution in [3.05, 3.63) is 108 Å². The molecule has 1 aliphatic heterocycles. The highest BCUT2D eigenvalue weighted by atomic mass is 16.7. The van der Waals surface area contributed by atoms with Crippen LogP contribution < -0.4 is 0 Å². The van der Waals surface area contributed by atoms with E-state index >= 15 is 0 Å². The molecule has 0 spiro atoms. The van der Waals surface area contributed by atoms with E-state index in [0.717, 1.165) is 0 Å². The number of ether oxygens (including phenoxy) is 6. The maximum Gasteiger partial charge on any atom is 0.338 e. The molecular weight excluding hydrogens is 506 g/mol. The van der Waals surface area contributed by atoms with Crippen LogP contribution in [0.1, 0.15) is 31.1 Å². The molecule has 1 heterocycles. The van der Waals surface area contributed by atoms with Gasteiger partial charge in [0.2, 0.25) is 0 Å². The van der Waals surface area contributed by atoms with Crippen molar-refractivity contribution in [2.24, 2.45) is 0 Å². The van der Waals surface area contributed by atoms with Gasteiger partial charge >= 0.3 is 17.9 Å². The molecule has 10 heteroatoms. The summed E-state index contributed by atoms with van der Waals surface area (Å²) >= 11 is 0. The van der Waals surface area contributed by atoms with Gasteiger partial charge in [-0.3, -0.25) is 0 Å². The number of rotatable bonds is 9. The number of esters is 3. The van der Waals surface area contributed by atoms with Crippen LogP contribution in [-0.4, -0.2) is 62.3 Å². The Hall–Kier alpha value is -4.72. The van der Waals surface area contributed by atoms with E-state index in [0.29, 0.717) is 0 Å². The lowest BCUT2D eigenvalue weighted by Gasteiger charge is -2.43. The predicted octanol–water partition coefficient (Wildman–Crippen LogP) is 3.53. The average Bonchev–Trinajstić information content (AvgIpc) is 2.99. The SMILES string of the molecule is CO[C@H]1O[C@H](COC#N)[C@@H](OC(=O)c2ccccc2)[C@H](OC(=O)c2ccccc2)[C@@H]1OC(=O)c1ccccc1. The van der Waals surface area contributed by atoms with Crippen LogP contribution in [0.3, 0.4) is 0 Å². The molecule has 1 saturated heterocycles. The lowest BCUT2D eigenvalue weighted by molar-refractivity contribution is -0.291. The highest BCUT2D eigenvalue weighted by molar-refractivity contribution is 5.91. The Morgan fingerprint density at radius 2 is 1.10 bits per heavy atom. The summed E-state index contributed by atoms with van der Waals surface area (Å²) in [6, 6.07) is 24.4. The largest absolute Gasteiger partial charge is 0.452 e. The molecule has 0 unspecified atom stereocenters. The van der Waals surface area contributed by atoms with Crippen LogP contribution in [0.5, 0.6) is 0 Å². The molecule has 10 nitrogen and oxygen atoms in total. The van der Waals surface area contributed by atoms with Gasteiger partial charge in [-0.15, -0.1) is 0 Å². The zero-order valence-corrected chi connectivity index (χ0v) is 20.9. The molecule has 3 aromatic rings. The van der Waals surface area contributed by atoms with E-state index in [-0.39, 0.29) is 23.3 Å². The first-order chi connectivity index (χ1) is 19.0. The third-order valence-electron chi connectivity index (χ3n) is 5.89. The Labute approximate surface area is 224 Å². The van der Waals surface area contributed by atoms with Gasteiger partial charge < -0.3 is 28.4 Å². The molecular formula is C29H25NO9. The maximum absolute atomic E-state index is 13.2. The lowest BCUT2D eigenvalue weighted by Crippen LogP contribution is -2.62. The molecule has 0 bridgehead atoms. The van der Waals surface area contributed by atoms with Gasteiger partial charge in [0.25, 0.3) is 6.26 Å². The molecule has 3 aromatic carbocycles. The summed E-state index contributed by atoms with van der Waals surface area (Å²) in [6.45, 7) is -0.359. The molecule has 39 heavy (non-hydrogen) atoms. The minimum atomic E-state index is -1.40. The summed E-state index contributed by atoms with van der Waals surface area (Å²) in [6.07, 6.45) is -4.94. The molecule has 4 rings (SSSR count). The summed E-state index contributed by atoms with van der Waals surface area (Å²) in [5.41, 5.74) is 0.662. The van der Waals surface area contributed by atoms with E-state index < -0.39 is 48.6 Å². The van der Waals surface area contributed by atoms with E-state index in [9.17, 15) is 14.4 Å². The van der Waals surface area contributed by atoms with Gasteiger partial charge in [0, 0.05) is 7.11 Å². The van der Waals surface area contributed by atoms with Crippen LogP contribution in [0.4, 0.5) is 0 Å². The molecule has 1 fully saturated rings. The molecule has 200 valence electrons. The van der Waals surface area contributed by atoms with Crippen molar-refractivity contribution in [1.29, 1.82) is 5.26 Å². The highest BCUT2D eigenvalue weighted by Gasteiger charge is 2.53. The van der Waals surface area contributed by atoms with Crippen molar-refractivity contribution in [3.63, 3.8) is 0 Å². The highest BCUT2D eigenvalue weighted by Crippen LogP contribution is 2.31. The standard InChI is InChI=1S/C29H25NO9/c1-34-29-25(39-28(33)21-15-9-4-10-16-21)24(38-27(32)20-13-7-3-8-14-20)23(22(36-29)17-35-18-30)37-26(31)19-11-5-2-6-12-19/h2-16,22-25,29H,17H2,1H3/t22-,23-,24+,25+,29+/m1/s1. The Bertz CT molecular complexity index is 1290. The minimum Gasteiger partial charge on any atom is -0.452 e. The van der Waals surface area contributed by atoms with Crippen molar-refractivity contribution in [2.45, 2.75) is 30.7 Å². The molecule has 0 saturated carbocycles. The number of carbonyl (C=O) groups is 3. The van der Waals surface area contributed by atoms with Gasteiger partial charge in [0.05, 0.1) is 16.7 Å². The summed E-state index contributed by atoms with van der Waals surface area (Å²) in [4.78, 5) is 39.3. The number of nitriles is 1. The number of hydrogen-bond donors (Lipinski definition) is 0. The van der Waals surface area contributed by atoms with Gasteiger partial charge in [-0.25, -0.2) is 14.4 Å². The van der Waals surface area contributed by atoms with Crippen LogP contribution in [0.15, 0.2) is 91.0 Å². The number of methoxy groups -OCH3 is 1. The maximum atomic E-state index is 13.2. The molecule has 0 amide bonds. The van der Waals surface area contributed by atoms with Crippen molar-refractivity contribution < 1.29 is 42.8 Å². The summed E-state index contributed by atoms with van der Waals surface area (Å²) < 4.78 is 33.6. The molecule has 0 aromatic heterocycles. The van der Waals surface area contributed by atoms with Crippen LogP contribution in [-0.2, 0) is 28.4 Å². The number of hydrogen-bond acceptors (Lipinski definition) is 10. The second kappa shape index (κ2) is 13.2. The Balaban J connectivity index is 1.71. The molecule has 0 radical (unpaired) electrons. The van der Waals surface area contributed by atoms with Gasteiger partial charge in [-0.05, 0) is 36.4 Å². The Kier molecular flexibility index (Phi) is 9.24. The fraction of sp³-hybridized carbons (Fsp3) is 0.241. The first-order valence-electron chi connectivity index (χ1n) is 12.0.